The second-order valence-electron chi connectivity index (χ2n) is 12.9. The number of pyridine rings is 1. The van der Waals surface area contributed by atoms with E-state index in [0.717, 1.165) is 46.1 Å². The molecule has 0 radical (unpaired) electrons. The lowest BCUT2D eigenvalue weighted by Gasteiger charge is -2.31. The molecule has 6 rings (SSSR count). The minimum Gasteiger partial charge on any atom is -0.481 e. The zero-order valence-electron chi connectivity index (χ0n) is 28.9. The standard InChI is InChI=1S/C37H40FN9O5/c1-21(2)29-19-43-47-34(29)45-36(41-18-25-12-14-39-20-30(25)52-32(50)11-10-31(48)49)46-37(47)42-17-24-6-4-5-7-27(24)33-28-9-8-26(44-35(51)22(3)38)16-23(28)13-15-40-33/h4-9,13,15-16,19,21,25,30,39H,3,10-12,14,17-18,20H2,1-2H3,(H,44,51)(H,48,49)(H2,41,42,45,46)/t25-,30+/m1/s1. The van der Waals surface area contributed by atoms with Crippen LogP contribution in [0.4, 0.5) is 22.0 Å². The average molecular weight is 710 g/mol. The Morgan fingerprint density at radius 1 is 1.12 bits per heavy atom. The second kappa shape index (κ2) is 15.9. The summed E-state index contributed by atoms with van der Waals surface area (Å²) >= 11 is 0. The highest BCUT2D eigenvalue weighted by Gasteiger charge is 2.29. The first-order valence-corrected chi connectivity index (χ1v) is 17.1. The molecule has 15 heteroatoms. The number of nitrogens with zero attached hydrogens (tertiary/aromatic N) is 5. The van der Waals surface area contributed by atoms with E-state index in [9.17, 15) is 18.8 Å². The lowest BCUT2D eigenvalue weighted by molar-refractivity contribution is -0.154. The van der Waals surface area contributed by atoms with Crippen LogP contribution in [0.25, 0.3) is 27.7 Å². The van der Waals surface area contributed by atoms with Crippen LogP contribution in [0.1, 0.15) is 50.2 Å². The van der Waals surface area contributed by atoms with Crippen molar-refractivity contribution in [2.45, 2.75) is 51.7 Å². The van der Waals surface area contributed by atoms with E-state index in [0.29, 0.717) is 42.9 Å². The normalized spacial score (nSPS) is 15.8. The predicted octanol–water partition coefficient (Wildman–Crippen LogP) is 5.29. The van der Waals surface area contributed by atoms with E-state index in [2.05, 4.69) is 46.8 Å². The number of esters is 1. The molecule has 0 aliphatic carbocycles. The molecule has 2 aromatic carbocycles. The quantitative estimate of drug-likeness (QED) is 0.0742. The molecule has 1 saturated heterocycles. The van der Waals surface area contributed by atoms with Crippen LogP contribution < -0.4 is 21.3 Å². The number of rotatable bonds is 14. The van der Waals surface area contributed by atoms with Crippen LogP contribution in [0.15, 0.2) is 73.3 Å². The largest absolute Gasteiger partial charge is 0.481 e. The molecule has 270 valence electrons. The number of fused-ring (bicyclic) bond motifs is 2. The Morgan fingerprint density at radius 3 is 2.73 bits per heavy atom. The molecule has 1 amide bonds. The Kier molecular flexibility index (Phi) is 11.0. The van der Waals surface area contributed by atoms with Gasteiger partial charge in [-0.1, -0.05) is 50.8 Å². The zero-order valence-corrected chi connectivity index (χ0v) is 28.9. The van der Waals surface area contributed by atoms with Gasteiger partial charge in [0.05, 0.1) is 24.7 Å². The fourth-order valence-corrected chi connectivity index (χ4v) is 6.16. The summed E-state index contributed by atoms with van der Waals surface area (Å²) in [6, 6.07) is 15.0. The molecule has 5 aromatic rings. The highest BCUT2D eigenvalue weighted by molar-refractivity contribution is 6.04. The minimum atomic E-state index is -1.07. The number of aromatic nitrogens is 5. The van der Waals surface area contributed by atoms with Gasteiger partial charge in [0, 0.05) is 53.9 Å². The van der Waals surface area contributed by atoms with Gasteiger partial charge >= 0.3 is 11.9 Å². The number of benzene rings is 2. The molecule has 0 saturated carbocycles. The Morgan fingerprint density at radius 2 is 1.94 bits per heavy atom. The van der Waals surface area contributed by atoms with Crippen LogP contribution in [0.5, 0.6) is 0 Å². The number of amides is 1. The molecule has 1 aliphatic heterocycles. The maximum Gasteiger partial charge on any atom is 0.306 e. The zero-order chi connectivity index (χ0) is 36.8. The van der Waals surface area contributed by atoms with Crippen molar-refractivity contribution in [3.05, 3.63) is 84.5 Å². The number of hydrogen-bond acceptors (Lipinski definition) is 11. The van der Waals surface area contributed by atoms with E-state index in [4.69, 9.17) is 24.8 Å². The Bertz CT molecular complexity index is 2140. The number of nitrogens with one attached hydrogen (secondary N) is 4. The predicted molar refractivity (Wildman–Crippen MR) is 194 cm³/mol. The molecule has 0 spiro atoms. The molecular weight excluding hydrogens is 669 g/mol. The molecule has 1 fully saturated rings. The summed E-state index contributed by atoms with van der Waals surface area (Å²) in [6.07, 6.45) is 3.33. The third kappa shape index (κ3) is 8.32. The van der Waals surface area contributed by atoms with Gasteiger partial charge in [0.15, 0.2) is 11.5 Å². The van der Waals surface area contributed by atoms with E-state index in [-0.39, 0.29) is 24.7 Å². The number of carbonyl (C=O) groups is 3. The molecule has 0 bridgehead atoms. The van der Waals surface area contributed by atoms with Crippen LogP contribution in [0, 0.1) is 5.92 Å². The Hall–Kier alpha value is -5.96. The van der Waals surface area contributed by atoms with Crippen LogP contribution in [-0.2, 0) is 25.7 Å². The minimum absolute atomic E-state index is 0.0451. The number of anilines is 3. The van der Waals surface area contributed by atoms with Crippen LogP contribution in [-0.4, -0.2) is 73.3 Å². The molecule has 52 heavy (non-hydrogen) atoms. The van der Waals surface area contributed by atoms with Gasteiger partial charge in [-0.15, -0.1) is 0 Å². The molecule has 5 N–H and O–H groups in total. The smallest absolute Gasteiger partial charge is 0.306 e. The van der Waals surface area contributed by atoms with Crippen molar-refractivity contribution in [2.75, 3.05) is 35.6 Å². The third-order valence-electron chi connectivity index (χ3n) is 8.91. The maximum absolute atomic E-state index is 13.3. The van der Waals surface area contributed by atoms with E-state index in [1.54, 1.807) is 29.0 Å². The summed E-state index contributed by atoms with van der Waals surface area (Å²) in [5.41, 5.74) is 4.60. The van der Waals surface area contributed by atoms with Crippen molar-refractivity contribution in [1.82, 2.24) is 29.9 Å². The van der Waals surface area contributed by atoms with Gasteiger partial charge < -0.3 is 31.1 Å². The van der Waals surface area contributed by atoms with Crippen LogP contribution in [0.3, 0.4) is 0 Å². The van der Waals surface area contributed by atoms with Crippen molar-refractivity contribution >= 4 is 51.8 Å². The number of piperidine rings is 1. The van der Waals surface area contributed by atoms with Gasteiger partial charge in [-0.05, 0) is 48.0 Å². The molecule has 2 atom stereocenters. The number of carboxylic acid groups (broad SMARTS) is 1. The summed E-state index contributed by atoms with van der Waals surface area (Å²) in [5.74, 6) is -2.60. The summed E-state index contributed by atoms with van der Waals surface area (Å²) in [7, 11) is 0. The van der Waals surface area contributed by atoms with Gasteiger partial charge in [0.1, 0.15) is 6.10 Å². The number of ether oxygens (including phenoxy) is 1. The highest BCUT2D eigenvalue weighted by atomic mass is 19.1. The van der Waals surface area contributed by atoms with Crippen LogP contribution >= 0.6 is 0 Å². The van der Waals surface area contributed by atoms with Crippen molar-refractivity contribution in [2.24, 2.45) is 5.92 Å². The summed E-state index contributed by atoms with van der Waals surface area (Å²) in [5, 5.41) is 27.8. The molecule has 0 unspecified atom stereocenters. The summed E-state index contributed by atoms with van der Waals surface area (Å²) < 4.78 is 20.6. The van der Waals surface area contributed by atoms with Crippen molar-refractivity contribution < 1.29 is 28.6 Å². The lowest BCUT2D eigenvalue weighted by atomic mass is 9.95. The first-order chi connectivity index (χ1) is 25.1. The summed E-state index contributed by atoms with van der Waals surface area (Å²) in [4.78, 5) is 49.4. The maximum atomic E-state index is 13.3. The second-order valence-corrected chi connectivity index (χ2v) is 12.9. The molecular formula is C37H40FN9O5. The third-order valence-corrected chi connectivity index (χ3v) is 8.91. The Balaban J connectivity index is 1.24. The SMILES string of the molecule is C=C(F)C(=O)Nc1ccc2c(-c3ccccc3CNc3nc(NC[C@H]4CCNC[C@@H]4OC(=O)CCC(=O)O)nc4c(C(C)C)cnn34)nccc2c1. The summed E-state index contributed by atoms with van der Waals surface area (Å²) in [6.45, 7) is 9.21. The highest BCUT2D eigenvalue weighted by Crippen LogP contribution is 2.31. The number of carbonyl (C=O) groups excluding carboxylic acids is 2. The fourth-order valence-electron chi connectivity index (χ4n) is 6.16. The molecule has 3 aromatic heterocycles. The first kappa shape index (κ1) is 35.9. The Labute approximate surface area is 298 Å². The molecule has 1 aliphatic rings. The van der Waals surface area contributed by atoms with Crippen molar-refractivity contribution in [1.29, 1.82) is 0 Å². The van der Waals surface area contributed by atoms with Gasteiger partial charge in [-0.25, -0.2) is 4.39 Å². The van der Waals surface area contributed by atoms with E-state index < -0.39 is 29.8 Å². The number of carboxylic acids is 1. The lowest BCUT2D eigenvalue weighted by Crippen LogP contribution is -2.45. The average Bonchev–Trinajstić information content (AvgIpc) is 3.57. The van der Waals surface area contributed by atoms with Gasteiger partial charge in [-0.3, -0.25) is 19.4 Å². The van der Waals surface area contributed by atoms with Gasteiger partial charge in [-0.2, -0.15) is 19.6 Å². The monoisotopic (exact) mass is 709 g/mol. The number of halogens is 1. The fraction of sp³-hybridized carbons (Fsp3) is 0.324. The number of aliphatic carboxylic acids is 1. The van der Waals surface area contributed by atoms with Gasteiger partial charge in [0.25, 0.3) is 5.91 Å². The van der Waals surface area contributed by atoms with E-state index >= 15 is 0 Å². The number of hydrogen-bond donors (Lipinski definition) is 5. The van der Waals surface area contributed by atoms with Gasteiger partial charge in [0.2, 0.25) is 11.9 Å². The van der Waals surface area contributed by atoms with E-state index in [1.807, 2.05) is 36.4 Å². The topological polar surface area (TPSA) is 185 Å². The molecule has 14 nitrogen and oxygen atoms in total. The molecule has 4 heterocycles. The van der Waals surface area contributed by atoms with Crippen LogP contribution in [0.2, 0.25) is 0 Å². The van der Waals surface area contributed by atoms with E-state index in [1.165, 1.54) is 0 Å². The van der Waals surface area contributed by atoms with Crippen molar-refractivity contribution in [3.8, 4) is 11.3 Å². The van der Waals surface area contributed by atoms with Crippen molar-refractivity contribution in [3.63, 3.8) is 0 Å². The first-order valence-electron chi connectivity index (χ1n) is 17.1.